The quantitative estimate of drug-likeness (QED) is 0.145. The fourth-order valence-corrected chi connectivity index (χ4v) is 8.05. The first-order valence-electron chi connectivity index (χ1n) is 15.6. The van der Waals surface area contributed by atoms with Gasteiger partial charge in [0.25, 0.3) is 0 Å². The number of ether oxygens (including phenoxy) is 2. The van der Waals surface area contributed by atoms with Gasteiger partial charge in [-0.15, -0.1) is 0 Å². The Labute approximate surface area is 299 Å². The van der Waals surface area contributed by atoms with Crippen molar-refractivity contribution in [1.29, 1.82) is 0 Å². The third kappa shape index (κ3) is 9.12. The second-order valence-corrected chi connectivity index (χ2v) is 17.6. The minimum absolute atomic E-state index is 0.217. The molecule has 6 rings (SSSR count). The van der Waals surface area contributed by atoms with Gasteiger partial charge in [0.1, 0.15) is 17.2 Å². The van der Waals surface area contributed by atoms with Crippen molar-refractivity contribution < 1.29 is 34.7 Å². The molecule has 0 N–H and O–H groups in total. The molecule has 6 aromatic rings. The predicted octanol–water partition coefficient (Wildman–Crippen LogP) is 8.53. The monoisotopic (exact) mass is 740 g/mol. The summed E-state index contributed by atoms with van der Waals surface area (Å²) in [6, 6.07) is 40.2. The summed E-state index contributed by atoms with van der Waals surface area (Å²) in [6.45, 7) is 3.91. The number of sulfone groups is 3. The van der Waals surface area contributed by atoms with Crippen LogP contribution in [-0.2, 0) is 29.5 Å². The van der Waals surface area contributed by atoms with Crippen molar-refractivity contribution in [2.45, 2.75) is 38.3 Å². The highest BCUT2D eigenvalue weighted by atomic mass is 32.2. The van der Waals surface area contributed by atoms with Gasteiger partial charge < -0.3 is 9.47 Å². The summed E-state index contributed by atoms with van der Waals surface area (Å²) >= 11 is 0. The Hall–Kier alpha value is -5.23. The predicted molar refractivity (Wildman–Crippen MR) is 198 cm³/mol. The lowest BCUT2D eigenvalue weighted by atomic mass is 10.1. The van der Waals surface area contributed by atoms with Gasteiger partial charge in [0.15, 0.2) is 9.84 Å². The average Bonchev–Trinajstić information content (AvgIpc) is 3.13. The van der Waals surface area contributed by atoms with E-state index in [1.165, 1.54) is 19.2 Å². The van der Waals surface area contributed by atoms with Crippen LogP contribution in [0.4, 0.5) is 0 Å². The number of benzene rings is 6. The normalized spacial score (nSPS) is 11.6. The minimum atomic E-state index is -3.57. The Kier molecular flexibility index (Phi) is 11.1. The van der Waals surface area contributed by atoms with Crippen LogP contribution < -0.4 is 9.47 Å². The summed E-state index contributed by atoms with van der Waals surface area (Å²) in [6.07, 6.45) is 1.16. The van der Waals surface area contributed by atoms with E-state index in [9.17, 15) is 25.3 Å². The van der Waals surface area contributed by atoms with Gasteiger partial charge in [-0.05, 0) is 122 Å². The summed E-state index contributed by atoms with van der Waals surface area (Å²) < 4.78 is 84.5. The fourth-order valence-electron chi connectivity index (χ4n) is 4.89. The molecule has 0 unspecified atom stereocenters. The van der Waals surface area contributed by atoms with Crippen LogP contribution in [0, 0.1) is 13.8 Å². The highest BCUT2D eigenvalue weighted by Gasteiger charge is 2.19. The number of hydrogen-bond donors (Lipinski definition) is 0. The molecule has 0 fully saturated rings. The van der Waals surface area contributed by atoms with Gasteiger partial charge in [-0.1, -0.05) is 59.7 Å². The summed E-state index contributed by atoms with van der Waals surface area (Å²) in [5, 5.41) is 0. The number of methoxy groups -OCH3 is 1. The zero-order valence-corrected chi connectivity index (χ0v) is 30.8. The van der Waals surface area contributed by atoms with Crippen LogP contribution in [0.3, 0.4) is 0 Å². The lowest BCUT2D eigenvalue weighted by Gasteiger charge is -2.08. The molecule has 0 saturated heterocycles. The molecule has 8 nitrogen and oxygen atoms in total. The third-order valence-corrected chi connectivity index (χ3v) is 12.6. The van der Waals surface area contributed by atoms with Crippen molar-refractivity contribution in [3.63, 3.8) is 0 Å². The Morgan fingerprint density at radius 2 is 0.647 bits per heavy atom. The van der Waals surface area contributed by atoms with Crippen LogP contribution in [-0.4, -0.2) is 38.6 Å². The summed E-state index contributed by atoms with van der Waals surface area (Å²) in [7, 11) is -8.83. The van der Waals surface area contributed by atoms with E-state index in [-0.39, 0.29) is 24.5 Å². The molecular formula is C40H36O8S3. The van der Waals surface area contributed by atoms with E-state index in [0.717, 1.165) is 28.5 Å². The zero-order chi connectivity index (χ0) is 36.8. The Morgan fingerprint density at radius 1 is 0.373 bits per heavy atom. The molecule has 0 saturated carbocycles. The first-order chi connectivity index (χ1) is 24.2. The van der Waals surface area contributed by atoms with E-state index in [2.05, 4.69) is 0 Å². The van der Waals surface area contributed by atoms with Gasteiger partial charge in [-0.25, -0.2) is 25.3 Å². The molecule has 0 heterocycles. The average molecular weight is 741 g/mol. The molecule has 51 heavy (non-hydrogen) atoms. The maximum atomic E-state index is 12.7. The Morgan fingerprint density at radius 3 is 1.00 bits per heavy atom. The SMILES string of the molecule is COc1ccc(S(=O)(=O)c2ccc(Oc3ccc(C)cc3)cc2)cc1.Cc1ccc(S(=O)(=O)c2ccc(-c3ccc(S(C)(=O)=O)cc3)cc2)cc1. The summed E-state index contributed by atoms with van der Waals surface area (Å²) in [5.74, 6) is 1.90. The standard InChI is InChI=1S/C20H18O4S2.C20H18O4S/c1-15-3-9-19(10-4-15)26(23,24)20-13-7-17(8-14-20)16-5-11-18(12-6-16)25(2,21)22;1-15-3-5-17(6-4-15)24-18-9-13-20(14-10-18)25(21,22)19-11-7-16(23-2)8-12-19/h3-14H,1-2H3;3-14H,1-2H3. The number of hydrogen-bond acceptors (Lipinski definition) is 8. The lowest BCUT2D eigenvalue weighted by molar-refractivity contribution is 0.414. The van der Waals surface area contributed by atoms with E-state index in [1.807, 2.05) is 38.1 Å². The molecule has 11 heteroatoms. The van der Waals surface area contributed by atoms with Gasteiger partial charge in [0.2, 0.25) is 19.7 Å². The Bertz CT molecular complexity index is 2420. The fraction of sp³-hybridized carbons (Fsp3) is 0.100. The first kappa shape index (κ1) is 37.0. The van der Waals surface area contributed by atoms with E-state index < -0.39 is 29.5 Å². The van der Waals surface area contributed by atoms with Gasteiger partial charge in [-0.2, -0.15) is 0 Å². The third-order valence-electron chi connectivity index (χ3n) is 7.87. The second-order valence-electron chi connectivity index (χ2n) is 11.7. The van der Waals surface area contributed by atoms with Gasteiger partial charge >= 0.3 is 0 Å². The molecule has 0 radical (unpaired) electrons. The van der Waals surface area contributed by atoms with Crippen LogP contribution in [0.15, 0.2) is 170 Å². The van der Waals surface area contributed by atoms with Crippen LogP contribution in [0.25, 0.3) is 11.1 Å². The molecule has 0 aliphatic heterocycles. The first-order valence-corrected chi connectivity index (χ1v) is 20.5. The highest BCUT2D eigenvalue weighted by Crippen LogP contribution is 2.28. The van der Waals surface area contributed by atoms with E-state index in [0.29, 0.717) is 17.2 Å². The van der Waals surface area contributed by atoms with E-state index >= 15 is 0 Å². The molecule has 0 aliphatic carbocycles. The lowest BCUT2D eigenvalue weighted by Crippen LogP contribution is -2.01. The van der Waals surface area contributed by atoms with Crippen molar-refractivity contribution in [3.8, 4) is 28.4 Å². The van der Waals surface area contributed by atoms with E-state index in [4.69, 9.17) is 9.47 Å². The maximum absolute atomic E-state index is 12.7. The van der Waals surface area contributed by atoms with Crippen molar-refractivity contribution >= 4 is 29.5 Å². The largest absolute Gasteiger partial charge is 0.497 e. The zero-order valence-electron chi connectivity index (χ0n) is 28.3. The molecule has 0 spiro atoms. The van der Waals surface area contributed by atoms with Gasteiger partial charge in [0.05, 0.1) is 31.6 Å². The minimum Gasteiger partial charge on any atom is -0.497 e. The highest BCUT2D eigenvalue weighted by molar-refractivity contribution is 7.92. The second kappa shape index (κ2) is 15.3. The van der Waals surface area contributed by atoms with Crippen molar-refractivity contribution in [2.24, 2.45) is 0 Å². The maximum Gasteiger partial charge on any atom is 0.206 e. The molecular weight excluding hydrogens is 705 g/mol. The smallest absolute Gasteiger partial charge is 0.206 e. The van der Waals surface area contributed by atoms with Crippen molar-refractivity contribution in [2.75, 3.05) is 13.4 Å². The van der Waals surface area contributed by atoms with Gasteiger partial charge in [-0.3, -0.25) is 0 Å². The molecule has 6 aromatic carbocycles. The summed E-state index contributed by atoms with van der Waals surface area (Å²) in [5.41, 5.74) is 3.77. The van der Waals surface area contributed by atoms with Crippen molar-refractivity contribution in [3.05, 3.63) is 157 Å². The summed E-state index contributed by atoms with van der Waals surface area (Å²) in [4.78, 5) is 1.17. The van der Waals surface area contributed by atoms with Crippen LogP contribution in [0.2, 0.25) is 0 Å². The van der Waals surface area contributed by atoms with Crippen LogP contribution >= 0.6 is 0 Å². The van der Waals surface area contributed by atoms with Gasteiger partial charge in [0, 0.05) is 6.26 Å². The molecule has 0 bridgehead atoms. The Balaban J connectivity index is 0.000000198. The molecule has 0 aromatic heterocycles. The topological polar surface area (TPSA) is 121 Å². The number of rotatable bonds is 9. The van der Waals surface area contributed by atoms with Crippen LogP contribution in [0.5, 0.6) is 17.2 Å². The van der Waals surface area contributed by atoms with Crippen molar-refractivity contribution in [1.82, 2.24) is 0 Å². The number of aryl methyl sites for hydroxylation is 2. The van der Waals surface area contributed by atoms with E-state index in [1.54, 1.807) is 109 Å². The molecule has 0 atom stereocenters. The van der Waals surface area contributed by atoms with Crippen LogP contribution in [0.1, 0.15) is 11.1 Å². The molecule has 262 valence electrons. The molecule has 0 aliphatic rings. The molecule has 0 amide bonds.